The van der Waals surface area contributed by atoms with Crippen LogP contribution in [-0.2, 0) is 28.6 Å². The van der Waals surface area contributed by atoms with E-state index in [1.165, 1.54) is 44.9 Å². The summed E-state index contributed by atoms with van der Waals surface area (Å²) >= 11 is 0. The standard InChI is InChI=1S/C57H92O6/c1-4-7-10-13-16-19-22-25-28-30-32-35-38-41-44-47-50-56(59)62-53-54(52-61-55(58)49-46-43-40-37-34-31-27-24-21-18-15-12-9-6-3)63-57(60)51-48-45-42-39-36-33-29-26-23-20-17-14-11-8-5-2/h7-8,10-11,14,16-17,19-20,23,25-26,28-29,31-32,34-35,54H,4-6,9,12-13,15,18,21-22,24,27,30,33,36-53H2,1-3H3/b10-7-,11-8-,17-14-,19-16-,23-20-,28-25-,29-26-,34-31-,35-32-. The Hall–Kier alpha value is -3.93. The third-order valence-corrected chi connectivity index (χ3v) is 10.3. The van der Waals surface area contributed by atoms with Crippen molar-refractivity contribution >= 4 is 17.9 Å². The van der Waals surface area contributed by atoms with Gasteiger partial charge in [0.1, 0.15) is 13.2 Å². The van der Waals surface area contributed by atoms with Crippen LogP contribution in [0.3, 0.4) is 0 Å². The van der Waals surface area contributed by atoms with Gasteiger partial charge < -0.3 is 14.2 Å². The molecule has 0 spiro atoms. The van der Waals surface area contributed by atoms with E-state index >= 15 is 0 Å². The van der Waals surface area contributed by atoms with Crippen LogP contribution < -0.4 is 0 Å². The van der Waals surface area contributed by atoms with Gasteiger partial charge in [0.2, 0.25) is 0 Å². The molecular weight excluding hydrogens is 781 g/mol. The van der Waals surface area contributed by atoms with Gasteiger partial charge in [0, 0.05) is 19.3 Å². The van der Waals surface area contributed by atoms with Crippen molar-refractivity contribution in [2.24, 2.45) is 0 Å². The van der Waals surface area contributed by atoms with Gasteiger partial charge in [-0.1, -0.05) is 201 Å². The van der Waals surface area contributed by atoms with Crippen LogP contribution in [0.1, 0.15) is 213 Å². The summed E-state index contributed by atoms with van der Waals surface area (Å²) in [7, 11) is 0. The number of rotatable bonds is 44. The lowest BCUT2D eigenvalue weighted by Crippen LogP contribution is -2.30. The van der Waals surface area contributed by atoms with E-state index in [1.807, 2.05) is 24.3 Å². The number of hydrogen-bond acceptors (Lipinski definition) is 6. The minimum absolute atomic E-state index is 0.108. The molecule has 0 amide bonds. The lowest BCUT2D eigenvalue weighted by atomic mass is 10.1. The lowest BCUT2D eigenvalue weighted by Gasteiger charge is -2.18. The van der Waals surface area contributed by atoms with Gasteiger partial charge in [-0.25, -0.2) is 0 Å². The number of hydrogen-bond donors (Lipinski definition) is 0. The highest BCUT2D eigenvalue weighted by molar-refractivity contribution is 5.71. The molecule has 0 heterocycles. The SMILES string of the molecule is CC\C=C/C=C\C=C/C=C\CCCCCCCC(=O)OC(COC(=O)CCCCC/C=C\C/C=C\C/C=C\C/C=C\CC)COC(=O)CCCCC/C=C\CCCCCCCCC. The molecule has 0 saturated carbocycles. The summed E-state index contributed by atoms with van der Waals surface area (Å²) in [5.41, 5.74) is 0. The first-order valence-corrected chi connectivity index (χ1v) is 25.4. The topological polar surface area (TPSA) is 78.9 Å². The van der Waals surface area contributed by atoms with Crippen LogP contribution >= 0.6 is 0 Å². The Balaban J connectivity index is 4.53. The Morgan fingerprint density at radius 1 is 0.349 bits per heavy atom. The molecule has 63 heavy (non-hydrogen) atoms. The smallest absolute Gasteiger partial charge is 0.306 e. The minimum Gasteiger partial charge on any atom is -0.462 e. The highest BCUT2D eigenvalue weighted by Crippen LogP contribution is 2.13. The normalized spacial score (nSPS) is 13.0. The first-order chi connectivity index (χ1) is 31.0. The van der Waals surface area contributed by atoms with E-state index < -0.39 is 6.10 Å². The molecule has 0 bridgehead atoms. The molecular formula is C57H92O6. The van der Waals surface area contributed by atoms with Crippen LogP contribution in [0.2, 0.25) is 0 Å². The van der Waals surface area contributed by atoms with Crippen molar-refractivity contribution in [1.82, 2.24) is 0 Å². The molecule has 0 aromatic heterocycles. The summed E-state index contributed by atoms with van der Waals surface area (Å²) in [6, 6.07) is 0. The van der Waals surface area contributed by atoms with Crippen LogP contribution in [0.15, 0.2) is 109 Å². The molecule has 0 saturated heterocycles. The van der Waals surface area contributed by atoms with Crippen molar-refractivity contribution in [2.45, 2.75) is 219 Å². The quantitative estimate of drug-likeness (QED) is 0.0199. The summed E-state index contributed by atoms with van der Waals surface area (Å²) in [6.45, 7) is 6.30. The summed E-state index contributed by atoms with van der Waals surface area (Å²) in [6.07, 6.45) is 67.8. The van der Waals surface area contributed by atoms with Gasteiger partial charge in [0.15, 0.2) is 6.10 Å². The van der Waals surface area contributed by atoms with Crippen LogP contribution in [0.4, 0.5) is 0 Å². The molecule has 0 rings (SSSR count). The molecule has 0 fully saturated rings. The Labute approximate surface area is 387 Å². The largest absolute Gasteiger partial charge is 0.462 e. The summed E-state index contributed by atoms with van der Waals surface area (Å²) in [5, 5.41) is 0. The van der Waals surface area contributed by atoms with Crippen LogP contribution in [0.25, 0.3) is 0 Å². The number of unbranched alkanes of at least 4 members (excludes halogenated alkanes) is 18. The summed E-state index contributed by atoms with van der Waals surface area (Å²) in [4.78, 5) is 38.0. The molecule has 0 aromatic carbocycles. The maximum absolute atomic E-state index is 12.8. The molecule has 0 aliphatic rings. The predicted octanol–water partition coefficient (Wildman–Crippen LogP) is 16.8. The fourth-order valence-corrected chi connectivity index (χ4v) is 6.55. The van der Waals surface area contributed by atoms with Gasteiger partial charge in [-0.2, -0.15) is 0 Å². The number of esters is 3. The first kappa shape index (κ1) is 59.1. The third-order valence-electron chi connectivity index (χ3n) is 10.3. The average Bonchev–Trinajstić information content (AvgIpc) is 3.28. The van der Waals surface area contributed by atoms with Crippen molar-refractivity contribution in [3.05, 3.63) is 109 Å². The number of carbonyl (C=O) groups is 3. The van der Waals surface area contributed by atoms with E-state index in [9.17, 15) is 14.4 Å². The predicted molar refractivity (Wildman–Crippen MR) is 270 cm³/mol. The van der Waals surface area contributed by atoms with E-state index in [2.05, 4.69) is 106 Å². The van der Waals surface area contributed by atoms with Gasteiger partial charge >= 0.3 is 17.9 Å². The van der Waals surface area contributed by atoms with Crippen molar-refractivity contribution in [1.29, 1.82) is 0 Å². The zero-order valence-electron chi connectivity index (χ0n) is 40.5. The Bertz CT molecular complexity index is 1330. The molecule has 6 nitrogen and oxygen atoms in total. The second-order valence-electron chi connectivity index (χ2n) is 16.4. The minimum atomic E-state index is -0.811. The Kier molecular flexibility index (Phi) is 47.5. The van der Waals surface area contributed by atoms with Gasteiger partial charge in [-0.05, 0) is 103 Å². The van der Waals surface area contributed by atoms with Crippen molar-refractivity contribution in [2.75, 3.05) is 13.2 Å². The second kappa shape index (κ2) is 50.7. The average molecular weight is 873 g/mol. The molecule has 356 valence electrons. The molecule has 0 radical (unpaired) electrons. The maximum Gasteiger partial charge on any atom is 0.306 e. The zero-order valence-corrected chi connectivity index (χ0v) is 40.5. The van der Waals surface area contributed by atoms with E-state index in [1.54, 1.807) is 0 Å². The van der Waals surface area contributed by atoms with E-state index in [0.29, 0.717) is 12.8 Å². The molecule has 0 aromatic rings. The van der Waals surface area contributed by atoms with Gasteiger partial charge in [0.25, 0.3) is 0 Å². The van der Waals surface area contributed by atoms with Crippen molar-refractivity contribution < 1.29 is 28.6 Å². The van der Waals surface area contributed by atoms with Crippen LogP contribution in [0.5, 0.6) is 0 Å². The molecule has 0 aliphatic heterocycles. The maximum atomic E-state index is 12.8. The van der Waals surface area contributed by atoms with E-state index in [-0.39, 0.29) is 37.5 Å². The van der Waals surface area contributed by atoms with Crippen molar-refractivity contribution in [3.8, 4) is 0 Å². The van der Waals surface area contributed by atoms with E-state index in [0.717, 1.165) is 128 Å². The van der Waals surface area contributed by atoms with Gasteiger partial charge in [0.05, 0.1) is 0 Å². The second-order valence-corrected chi connectivity index (χ2v) is 16.4. The molecule has 1 atom stereocenters. The Morgan fingerprint density at radius 3 is 1.19 bits per heavy atom. The van der Waals surface area contributed by atoms with Gasteiger partial charge in [-0.3, -0.25) is 14.4 Å². The first-order valence-electron chi connectivity index (χ1n) is 25.4. The number of allylic oxidation sites excluding steroid dienone is 18. The molecule has 0 N–H and O–H groups in total. The lowest BCUT2D eigenvalue weighted by molar-refractivity contribution is -0.167. The third kappa shape index (κ3) is 49.0. The molecule has 6 heteroatoms. The summed E-state index contributed by atoms with van der Waals surface area (Å²) in [5.74, 6) is -0.984. The molecule has 0 aliphatic carbocycles. The van der Waals surface area contributed by atoms with Crippen LogP contribution in [0, 0.1) is 0 Å². The Morgan fingerprint density at radius 2 is 0.698 bits per heavy atom. The number of carbonyl (C=O) groups excluding carboxylic acids is 3. The van der Waals surface area contributed by atoms with Crippen molar-refractivity contribution in [3.63, 3.8) is 0 Å². The fraction of sp³-hybridized carbons (Fsp3) is 0.632. The monoisotopic (exact) mass is 873 g/mol. The highest BCUT2D eigenvalue weighted by atomic mass is 16.6. The highest BCUT2D eigenvalue weighted by Gasteiger charge is 2.19. The van der Waals surface area contributed by atoms with E-state index in [4.69, 9.17) is 14.2 Å². The molecule has 1 unspecified atom stereocenters. The fourth-order valence-electron chi connectivity index (χ4n) is 6.55. The zero-order chi connectivity index (χ0) is 45.8. The van der Waals surface area contributed by atoms with Crippen LogP contribution in [-0.4, -0.2) is 37.2 Å². The summed E-state index contributed by atoms with van der Waals surface area (Å²) < 4.78 is 16.7. The van der Waals surface area contributed by atoms with Gasteiger partial charge in [-0.15, -0.1) is 0 Å². The number of ether oxygens (including phenoxy) is 3.